The van der Waals surface area contributed by atoms with Crippen molar-refractivity contribution in [3.05, 3.63) is 252 Å². The predicted octanol–water partition coefficient (Wildman–Crippen LogP) is 13.5. The summed E-state index contributed by atoms with van der Waals surface area (Å²) in [5, 5.41) is 0. The Morgan fingerprint density at radius 3 is 1.67 bits per heavy atom. The Balaban J connectivity index is 0.000000259. The third-order valence-electron chi connectivity index (χ3n) is 9.70. The minimum Gasteiger partial charge on any atom is -0.355 e. The fourth-order valence-corrected chi connectivity index (χ4v) is 6.82. The van der Waals surface area contributed by atoms with E-state index in [0.717, 1.165) is 37.0 Å². The summed E-state index contributed by atoms with van der Waals surface area (Å²) in [6, 6.07) is 51.7. The summed E-state index contributed by atoms with van der Waals surface area (Å²) in [4.78, 5) is 2.28. The summed E-state index contributed by atoms with van der Waals surface area (Å²) in [5.41, 5.74) is 12.6. The van der Waals surface area contributed by atoms with Gasteiger partial charge in [0.25, 0.3) is 0 Å². The van der Waals surface area contributed by atoms with Crippen molar-refractivity contribution >= 4 is 0 Å². The molecule has 0 unspecified atom stereocenters. The Morgan fingerprint density at radius 1 is 0.649 bits per heavy atom. The highest BCUT2D eigenvalue weighted by Gasteiger charge is 2.48. The summed E-state index contributed by atoms with van der Waals surface area (Å²) in [6.07, 6.45) is 19.7. The molecular formula is C54H63N3. The lowest BCUT2D eigenvalue weighted by Gasteiger charge is -2.49. The molecule has 7 rings (SSSR count). The van der Waals surface area contributed by atoms with Gasteiger partial charge in [0.1, 0.15) is 0 Å². The van der Waals surface area contributed by atoms with Gasteiger partial charge in [-0.05, 0) is 102 Å². The molecule has 5 aromatic carbocycles. The van der Waals surface area contributed by atoms with Gasteiger partial charge >= 0.3 is 0 Å². The number of nitrogens with zero attached hydrogens (tertiary/aromatic N) is 1. The Hall–Kier alpha value is -6.00. The van der Waals surface area contributed by atoms with Gasteiger partial charge in [0.05, 0.1) is 5.41 Å². The summed E-state index contributed by atoms with van der Waals surface area (Å²) >= 11 is 0. The van der Waals surface area contributed by atoms with Crippen LogP contribution in [0.1, 0.15) is 69.7 Å². The fourth-order valence-electron chi connectivity index (χ4n) is 6.82. The minimum absolute atomic E-state index is 0.129. The lowest BCUT2D eigenvalue weighted by molar-refractivity contribution is 0.472. The second-order valence-electron chi connectivity index (χ2n) is 13.4. The first-order chi connectivity index (χ1) is 28.0. The highest BCUT2D eigenvalue weighted by molar-refractivity contribution is 5.67. The van der Waals surface area contributed by atoms with E-state index in [1.165, 1.54) is 44.5 Å². The van der Waals surface area contributed by atoms with Crippen molar-refractivity contribution in [1.82, 2.24) is 4.90 Å². The third kappa shape index (κ3) is 13.0. The molecule has 5 aromatic rings. The average Bonchev–Trinajstić information content (AvgIpc) is 3.28. The minimum atomic E-state index is -0.129. The van der Waals surface area contributed by atoms with Crippen LogP contribution in [0.3, 0.4) is 0 Å². The maximum atomic E-state index is 4.27. The maximum absolute atomic E-state index is 4.27. The lowest BCUT2D eigenvalue weighted by atomic mass is 9.54. The van der Waals surface area contributed by atoms with Crippen LogP contribution in [0, 0.1) is 0 Å². The molecule has 1 fully saturated rings. The molecule has 0 atom stereocenters. The zero-order chi connectivity index (χ0) is 41.3. The second-order valence-corrected chi connectivity index (χ2v) is 13.4. The first kappa shape index (κ1) is 45.4. The Kier molecular flexibility index (Phi) is 20.1. The van der Waals surface area contributed by atoms with Crippen LogP contribution >= 0.6 is 0 Å². The smallest absolute Gasteiger partial charge is 0.0508 e. The number of rotatable bonds is 7. The number of allylic oxidation sites excluding steroid dienone is 10. The number of nitrogens with two attached hydrogens (primary N) is 2. The number of fused-ring (bicyclic) bond motifs is 1. The van der Waals surface area contributed by atoms with E-state index in [4.69, 9.17) is 0 Å². The van der Waals surface area contributed by atoms with Gasteiger partial charge in [-0.15, -0.1) is 0 Å². The molecule has 294 valence electrons. The Bertz CT molecular complexity index is 2020. The van der Waals surface area contributed by atoms with Crippen LogP contribution in [0.25, 0.3) is 11.1 Å². The molecule has 1 aliphatic carbocycles. The van der Waals surface area contributed by atoms with Crippen LogP contribution in [0.4, 0.5) is 0 Å². The summed E-state index contributed by atoms with van der Waals surface area (Å²) in [7, 11) is 0. The molecule has 1 heterocycles. The molecule has 3 nitrogen and oxygen atoms in total. The van der Waals surface area contributed by atoms with Gasteiger partial charge < -0.3 is 4.90 Å². The van der Waals surface area contributed by atoms with Gasteiger partial charge in [-0.1, -0.05) is 209 Å². The van der Waals surface area contributed by atoms with Gasteiger partial charge in [0.15, 0.2) is 0 Å². The molecule has 3 heteroatoms. The first-order valence-electron chi connectivity index (χ1n) is 20.1. The molecule has 57 heavy (non-hydrogen) atoms. The highest BCUT2D eigenvalue weighted by Crippen LogP contribution is 2.57. The first-order valence-corrected chi connectivity index (χ1v) is 20.1. The van der Waals surface area contributed by atoms with Gasteiger partial charge in [-0.25, -0.2) is 0 Å². The molecule has 0 amide bonds. The highest BCUT2D eigenvalue weighted by atomic mass is 15.1. The molecule has 0 saturated heterocycles. The van der Waals surface area contributed by atoms with E-state index in [1.807, 2.05) is 52.0 Å². The molecular weight excluding hydrogens is 691 g/mol. The van der Waals surface area contributed by atoms with E-state index in [0.29, 0.717) is 0 Å². The molecule has 0 spiro atoms. The summed E-state index contributed by atoms with van der Waals surface area (Å²) < 4.78 is 0. The quantitative estimate of drug-likeness (QED) is 0.0988. The number of hydrogen-bond donors (Lipinski definition) is 2. The largest absolute Gasteiger partial charge is 0.355 e. The number of hydrogen-bond acceptors (Lipinski definition) is 3. The third-order valence-corrected chi connectivity index (χ3v) is 9.70. The molecule has 4 N–H and O–H groups in total. The lowest BCUT2D eigenvalue weighted by Crippen LogP contribution is -2.41. The molecule has 1 saturated carbocycles. The van der Waals surface area contributed by atoms with Crippen LogP contribution in [0.5, 0.6) is 0 Å². The van der Waals surface area contributed by atoms with Crippen LogP contribution in [-0.4, -0.2) is 11.4 Å². The predicted molar refractivity (Wildman–Crippen MR) is 249 cm³/mol. The SMILES string of the molecule is C/C=C\C=C/C.C=C1/C=C2/CC(c3ccccc3)(c3ccccc3)/C2=C/N(CC)/C=C\CC1=C.CC.NN.c1ccc(Cc2cccc(-c3ccccc3)c2)cc1. The molecule has 2 aliphatic rings. The molecule has 0 aromatic heterocycles. The van der Waals surface area contributed by atoms with Crippen LogP contribution < -0.4 is 11.7 Å². The van der Waals surface area contributed by atoms with E-state index in [9.17, 15) is 0 Å². The Labute approximate surface area is 344 Å². The molecule has 0 radical (unpaired) electrons. The van der Waals surface area contributed by atoms with Crippen molar-refractivity contribution in [2.45, 2.75) is 59.3 Å². The van der Waals surface area contributed by atoms with E-state index in [-0.39, 0.29) is 5.41 Å². The van der Waals surface area contributed by atoms with Crippen molar-refractivity contribution < 1.29 is 0 Å². The summed E-state index contributed by atoms with van der Waals surface area (Å²) in [6.45, 7) is 19.6. The monoisotopic (exact) mass is 754 g/mol. The zero-order valence-electron chi connectivity index (χ0n) is 34.8. The van der Waals surface area contributed by atoms with Gasteiger partial charge in [0.2, 0.25) is 0 Å². The van der Waals surface area contributed by atoms with Crippen molar-refractivity contribution in [3.63, 3.8) is 0 Å². The van der Waals surface area contributed by atoms with E-state index in [2.05, 4.69) is 207 Å². The number of hydrazine groups is 1. The molecule has 1 aliphatic heterocycles. The fraction of sp³-hybridized carbons (Fsp3) is 0.185. The van der Waals surface area contributed by atoms with Gasteiger partial charge in [-0.2, -0.15) is 0 Å². The van der Waals surface area contributed by atoms with Crippen LogP contribution in [-0.2, 0) is 11.8 Å². The maximum Gasteiger partial charge on any atom is 0.0508 e. The van der Waals surface area contributed by atoms with Crippen molar-refractivity contribution in [3.8, 4) is 11.1 Å². The Morgan fingerprint density at radius 2 is 1.14 bits per heavy atom. The second kappa shape index (κ2) is 25.2. The molecule has 0 bridgehead atoms. The topological polar surface area (TPSA) is 55.3 Å². The van der Waals surface area contributed by atoms with Crippen molar-refractivity contribution in [1.29, 1.82) is 0 Å². The van der Waals surface area contributed by atoms with Crippen LogP contribution in [0.15, 0.2) is 230 Å². The van der Waals surface area contributed by atoms with Gasteiger partial charge in [-0.3, -0.25) is 11.7 Å². The van der Waals surface area contributed by atoms with Crippen molar-refractivity contribution in [2.75, 3.05) is 6.54 Å². The standard InChI is InChI=1S/C27H27N.C19H16.C6H10.C2H6.H4N2/c1-4-28-17-11-12-21(2)22(3)18-23-19-27(26(23)20-28,24-13-7-5-8-14-24)25-15-9-6-10-16-25;1-3-8-16(9-4-1)14-17-10-7-13-19(15-17)18-11-5-2-6-12-18;1-3-5-6-4-2;2*1-2/h5-11,13-18,20H,2-4,12,19H2,1H3;1-13,15H,14H2;3-6H,1-2H3;1-2H3;1-2H2/b17-11-,23-18-,26-20+;;5-3-,6-4-;;. The van der Waals surface area contributed by atoms with Crippen LogP contribution in [0.2, 0.25) is 0 Å². The zero-order valence-corrected chi connectivity index (χ0v) is 34.8. The normalized spacial score (nSPS) is 16.4. The van der Waals surface area contributed by atoms with E-state index in [1.54, 1.807) is 0 Å². The van der Waals surface area contributed by atoms with Crippen molar-refractivity contribution in [2.24, 2.45) is 11.7 Å². The number of benzene rings is 5. The van der Waals surface area contributed by atoms with E-state index < -0.39 is 0 Å². The van der Waals surface area contributed by atoms with E-state index >= 15 is 0 Å². The van der Waals surface area contributed by atoms with Gasteiger partial charge in [0, 0.05) is 12.7 Å². The summed E-state index contributed by atoms with van der Waals surface area (Å²) in [5.74, 6) is 8.00. The average molecular weight is 754 g/mol.